The minimum atomic E-state index is -4.63. The Bertz CT molecular complexity index is 806. The van der Waals surface area contributed by atoms with Gasteiger partial charge in [0.05, 0.1) is 17.5 Å². The van der Waals surface area contributed by atoms with Crippen molar-refractivity contribution in [2.45, 2.75) is 19.5 Å². The van der Waals surface area contributed by atoms with E-state index in [2.05, 4.69) is 10.1 Å². The van der Waals surface area contributed by atoms with Gasteiger partial charge in [-0.2, -0.15) is 5.10 Å². The molecule has 0 aliphatic carbocycles. The Hall–Kier alpha value is -2.90. The number of aldehydes is 1. The van der Waals surface area contributed by atoms with Crippen molar-refractivity contribution in [2.75, 3.05) is 0 Å². The number of halogens is 3. The van der Waals surface area contributed by atoms with E-state index in [9.17, 15) is 18.0 Å². The Morgan fingerprint density at radius 3 is 2.54 bits per heavy atom. The third-order valence-electron chi connectivity index (χ3n) is 3.59. The van der Waals surface area contributed by atoms with Crippen LogP contribution < -0.4 is 0 Å². The first-order chi connectivity index (χ1) is 11.4. The molecule has 0 saturated heterocycles. The summed E-state index contributed by atoms with van der Waals surface area (Å²) in [5.74, 6) is 0. The molecule has 0 bridgehead atoms. The number of carbonyl (C=O) groups is 1. The molecule has 2 heterocycles. The SMILES string of the molecule is Cc1ccc(-c2c(C=O)cnn2C2N=CC=CN2C(F)(F)F)cc1. The molecule has 0 saturated carbocycles. The molecule has 0 fully saturated rings. The van der Waals surface area contributed by atoms with E-state index < -0.39 is 12.6 Å². The summed E-state index contributed by atoms with van der Waals surface area (Å²) in [6.45, 7) is 1.89. The summed E-state index contributed by atoms with van der Waals surface area (Å²) < 4.78 is 40.8. The molecule has 3 rings (SSSR count). The van der Waals surface area contributed by atoms with Gasteiger partial charge in [0.25, 0.3) is 0 Å². The summed E-state index contributed by atoms with van der Waals surface area (Å²) >= 11 is 0. The van der Waals surface area contributed by atoms with Crippen molar-refractivity contribution >= 4 is 12.5 Å². The summed E-state index contributed by atoms with van der Waals surface area (Å²) in [7, 11) is 0. The Morgan fingerprint density at radius 1 is 1.21 bits per heavy atom. The second-order valence-corrected chi connectivity index (χ2v) is 5.24. The number of benzene rings is 1. The number of hydrogen-bond donors (Lipinski definition) is 0. The van der Waals surface area contributed by atoms with Crippen LogP contribution >= 0.6 is 0 Å². The van der Waals surface area contributed by atoms with E-state index in [0.29, 0.717) is 11.8 Å². The molecule has 5 nitrogen and oxygen atoms in total. The van der Waals surface area contributed by atoms with Gasteiger partial charge in [0.1, 0.15) is 0 Å². The van der Waals surface area contributed by atoms with E-state index in [1.807, 2.05) is 19.1 Å². The molecule has 0 spiro atoms. The second-order valence-electron chi connectivity index (χ2n) is 5.24. The van der Waals surface area contributed by atoms with Crippen LogP contribution in [0.1, 0.15) is 22.2 Å². The zero-order valence-corrected chi connectivity index (χ0v) is 12.6. The van der Waals surface area contributed by atoms with E-state index >= 15 is 0 Å². The van der Waals surface area contributed by atoms with Crippen LogP contribution in [-0.2, 0) is 0 Å². The fraction of sp³-hybridized carbons (Fsp3) is 0.188. The van der Waals surface area contributed by atoms with Gasteiger partial charge in [-0.15, -0.1) is 13.2 Å². The van der Waals surface area contributed by atoms with Crippen LogP contribution in [0.5, 0.6) is 0 Å². The molecule has 1 aliphatic rings. The molecule has 1 aromatic heterocycles. The Labute approximate surface area is 135 Å². The Morgan fingerprint density at radius 2 is 1.92 bits per heavy atom. The molecule has 1 unspecified atom stereocenters. The number of rotatable bonds is 3. The molecule has 1 atom stereocenters. The number of alkyl halides is 3. The lowest BCUT2D eigenvalue weighted by Gasteiger charge is -2.31. The highest BCUT2D eigenvalue weighted by molar-refractivity contribution is 5.85. The van der Waals surface area contributed by atoms with E-state index in [0.717, 1.165) is 16.4 Å². The van der Waals surface area contributed by atoms with Gasteiger partial charge in [-0.25, -0.2) is 14.6 Å². The quantitative estimate of drug-likeness (QED) is 0.637. The van der Waals surface area contributed by atoms with Crippen molar-refractivity contribution in [3.63, 3.8) is 0 Å². The van der Waals surface area contributed by atoms with Gasteiger partial charge in [0, 0.05) is 18.0 Å². The lowest BCUT2D eigenvalue weighted by Crippen LogP contribution is -2.40. The first-order valence-corrected chi connectivity index (χ1v) is 7.06. The maximum atomic E-state index is 13.2. The van der Waals surface area contributed by atoms with E-state index in [4.69, 9.17) is 0 Å². The molecule has 0 amide bonds. The van der Waals surface area contributed by atoms with E-state index in [1.54, 1.807) is 12.1 Å². The first kappa shape index (κ1) is 16.0. The number of nitrogens with zero attached hydrogens (tertiary/aromatic N) is 4. The molecule has 1 aliphatic heterocycles. The van der Waals surface area contributed by atoms with Crippen LogP contribution in [0.2, 0.25) is 0 Å². The zero-order valence-electron chi connectivity index (χ0n) is 12.6. The van der Waals surface area contributed by atoms with Crippen LogP contribution in [0.25, 0.3) is 11.3 Å². The van der Waals surface area contributed by atoms with Crippen molar-refractivity contribution < 1.29 is 18.0 Å². The van der Waals surface area contributed by atoms with Crippen LogP contribution in [-0.4, -0.2) is 33.5 Å². The van der Waals surface area contributed by atoms with Gasteiger partial charge in [-0.1, -0.05) is 29.8 Å². The standard InChI is InChI=1S/C16H13F3N4O/c1-11-3-5-12(6-4-11)14-13(10-24)9-21-23(14)15-20-7-2-8-22(15)16(17,18)19/h2-10,15H,1H3. The summed E-state index contributed by atoms with van der Waals surface area (Å²) in [5.41, 5.74) is 2.07. The normalized spacial score (nSPS) is 17.3. The van der Waals surface area contributed by atoms with Gasteiger partial charge in [-0.05, 0) is 13.0 Å². The summed E-state index contributed by atoms with van der Waals surface area (Å²) in [5, 5.41) is 3.97. The summed E-state index contributed by atoms with van der Waals surface area (Å²) in [4.78, 5) is 15.3. The minimum absolute atomic E-state index is 0.131. The monoisotopic (exact) mass is 334 g/mol. The molecular formula is C16H13F3N4O. The summed E-state index contributed by atoms with van der Waals surface area (Å²) in [6, 6.07) is 7.09. The highest BCUT2D eigenvalue weighted by atomic mass is 19.4. The van der Waals surface area contributed by atoms with Crippen molar-refractivity contribution in [2.24, 2.45) is 4.99 Å². The highest BCUT2D eigenvalue weighted by Gasteiger charge is 2.42. The summed E-state index contributed by atoms with van der Waals surface area (Å²) in [6.07, 6.45) is -0.910. The second kappa shape index (κ2) is 5.95. The maximum Gasteiger partial charge on any atom is 0.487 e. The molecular weight excluding hydrogens is 321 g/mol. The fourth-order valence-corrected chi connectivity index (χ4v) is 2.45. The van der Waals surface area contributed by atoms with Crippen LogP contribution in [0.15, 0.2) is 47.7 Å². The fourth-order valence-electron chi connectivity index (χ4n) is 2.45. The van der Waals surface area contributed by atoms with Gasteiger partial charge in [-0.3, -0.25) is 4.79 Å². The smallest absolute Gasteiger partial charge is 0.298 e. The maximum absolute atomic E-state index is 13.2. The molecule has 24 heavy (non-hydrogen) atoms. The van der Waals surface area contributed by atoms with Crippen molar-refractivity contribution in [3.8, 4) is 11.3 Å². The highest BCUT2D eigenvalue weighted by Crippen LogP contribution is 2.34. The number of aryl methyl sites for hydroxylation is 1. The lowest BCUT2D eigenvalue weighted by atomic mass is 10.1. The number of aliphatic imine (C=N–C) groups is 1. The largest absolute Gasteiger partial charge is 0.487 e. The van der Waals surface area contributed by atoms with E-state index in [1.165, 1.54) is 18.5 Å². The van der Waals surface area contributed by atoms with Crippen LogP contribution in [0, 0.1) is 6.92 Å². The Kier molecular flexibility index (Phi) is 3.96. The number of hydrogen-bond acceptors (Lipinski definition) is 4. The molecule has 1 aromatic carbocycles. The molecule has 0 N–H and O–H groups in total. The van der Waals surface area contributed by atoms with Gasteiger partial charge in [0.15, 0.2) is 6.29 Å². The average Bonchev–Trinajstić information content (AvgIpc) is 2.98. The lowest BCUT2D eigenvalue weighted by molar-refractivity contribution is -0.248. The van der Waals surface area contributed by atoms with Crippen LogP contribution in [0.3, 0.4) is 0 Å². The van der Waals surface area contributed by atoms with Crippen molar-refractivity contribution in [3.05, 3.63) is 53.9 Å². The number of allylic oxidation sites excluding steroid dienone is 1. The topological polar surface area (TPSA) is 50.5 Å². The predicted molar refractivity (Wildman–Crippen MR) is 82.4 cm³/mol. The minimum Gasteiger partial charge on any atom is -0.298 e. The Balaban J connectivity index is 2.13. The van der Waals surface area contributed by atoms with Crippen LogP contribution in [0.4, 0.5) is 13.2 Å². The number of carbonyl (C=O) groups excluding carboxylic acids is 1. The van der Waals surface area contributed by atoms with E-state index in [-0.39, 0.29) is 16.2 Å². The molecule has 0 radical (unpaired) electrons. The molecule has 2 aromatic rings. The average molecular weight is 334 g/mol. The van der Waals surface area contributed by atoms with Crippen molar-refractivity contribution in [1.82, 2.24) is 14.7 Å². The van der Waals surface area contributed by atoms with Gasteiger partial charge >= 0.3 is 6.30 Å². The molecule has 124 valence electrons. The molecule has 8 heteroatoms. The van der Waals surface area contributed by atoms with Crippen molar-refractivity contribution in [1.29, 1.82) is 0 Å². The predicted octanol–water partition coefficient (Wildman–Crippen LogP) is 3.55. The van der Waals surface area contributed by atoms with Gasteiger partial charge < -0.3 is 0 Å². The zero-order chi connectivity index (χ0) is 17.3. The first-order valence-electron chi connectivity index (χ1n) is 7.06. The third kappa shape index (κ3) is 2.82. The third-order valence-corrected chi connectivity index (χ3v) is 3.59. The number of aromatic nitrogens is 2. The van der Waals surface area contributed by atoms with Gasteiger partial charge in [0.2, 0.25) is 6.29 Å².